The van der Waals surface area contributed by atoms with Gasteiger partial charge >= 0.3 is 0 Å². The van der Waals surface area contributed by atoms with E-state index in [-0.39, 0.29) is 22.7 Å². The summed E-state index contributed by atoms with van der Waals surface area (Å²) in [5.74, 6) is 1.73. The minimum Gasteiger partial charge on any atom is -0.393 e. The molecule has 3 fully saturated rings. The second-order valence-corrected chi connectivity index (χ2v) is 8.89. The van der Waals surface area contributed by atoms with E-state index in [1.165, 1.54) is 12.8 Å². The molecule has 4 rings (SSSR count). The number of carbonyl (C=O) groups excluding carboxylic acids is 1. The van der Waals surface area contributed by atoms with Gasteiger partial charge in [-0.05, 0) is 78.8 Å². The van der Waals surface area contributed by atoms with Gasteiger partial charge in [0.15, 0.2) is 5.78 Å². The van der Waals surface area contributed by atoms with E-state index in [1.54, 1.807) is 0 Å². The maximum absolute atomic E-state index is 12.8. The average molecular weight is 304 g/mol. The fourth-order valence-electron chi connectivity index (χ4n) is 6.55. The molecule has 0 aromatic rings. The summed E-state index contributed by atoms with van der Waals surface area (Å²) in [4.78, 5) is 12.8. The van der Waals surface area contributed by atoms with Crippen LogP contribution in [0, 0.1) is 28.6 Å². The zero-order valence-corrected chi connectivity index (χ0v) is 13.7. The van der Waals surface area contributed by atoms with E-state index < -0.39 is 6.10 Å². The molecule has 4 aliphatic rings. The highest BCUT2D eigenvalue weighted by molar-refractivity contribution is 5.98. The summed E-state index contributed by atoms with van der Waals surface area (Å²) in [6.45, 7) is 4.58. The molecule has 2 N–H and O–H groups in total. The second kappa shape index (κ2) is 4.67. The Balaban J connectivity index is 1.73. The first-order chi connectivity index (χ1) is 10.3. The maximum Gasteiger partial charge on any atom is 0.159 e. The summed E-state index contributed by atoms with van der Waals surface area (Å²) in [5, 5.41) is 20.1. The first kappa shape index (κ1) is 14.9. The molecule has 0 aromatic carbocycles. The molecule has 0 aliphatic heterocycles. The van der Waals surface area contributed by atoms with Gasteiger partial charge in [-0.25, -0.2) is 0 Å². The molecule has 7 unspecified atom stereocenters. The molecular weight excluding hydrogens is 276 g/mol. The molecule has 3 saturated carbocycles. The summed E-state index contributed by atoms with van der Waals surface area (Å²) in [5.41, 5.74) is 1.09. The maximum atomic E-state index is 12.8. The standard InChI is InChI=1S/C19H28O3/c1-18-5-4-14-13(15(18)8-12(21)10-18)9-17(22)16-7-11(20)3-6-19(14,16)2/h7,11-15,20-21H,3-6,8-10H2,1-2H3. The van der Waals surface area contributed by atoms with Gasteiger partial charge in [0.2, 0.25) is 0 Å². The minimum atomic E-state index is -0.439. The third-order valence-electron chi connectivity index (χ3n) is 7.66. The van der Waals surface area contributed by atoms with Crippen LogP contribution in [-0.4, -0.2) is 28.2 Å². The van der Waals surface area contributed by atoms with Gasteiger partial charge in [0, 0.05) is 6.42 Å². The summed E-state index contributed by atoms with van der Waals surface area (Å²) in [7, 11) is 0. The van der Waals surface area contributed by atoms with Crippen LogP contribution in [0.4, 0.5) is 0 Å². The summed E-state index contributed by atoms with van der Waals surface area (Å²) in [6.07, 6.45) is 7.70. The molecule has 4 aliphatic carbocycles. The van der Waals surface area contributed by atoms with E-state index in [0.717, 1.165) is 31.3 Å². The topological polar surface area (TPSA) is 57.5 Å². The number of Topliss-reactive ketones (excluding diaryl/α,β-unsaturated/α-hetero) is 1. The van der Waals surface area contributed by atoms with Crippen LogP contribution in [0.2, 0.25) is 0 Å². The van der Waals surface area contributed by atoms with Crippen molar-refractivity contribution in [2.45, 2.75) is 71.0 Å². The zero-order chi connectivity index (χ0) is 15.7. The molecule has 122 valence electrons. The third-order valence-corrected chi connectivity index (χ3v) is 7.66. The molecule has 7 atom stereocenters. The average Bonchev–Trinajstić information content (AvgIpc) is 2.76. The van der Waals surface area contributed by atoms with E-state index in [9.17, 15) is 15.0 Å². The fourth-order valence-corrected chi connectivity index (χ4v) is 6.55. The number of ketones is 1. The second-order valence-electron chi connectivity index (χ2n) is 8.89. The number of aliphatic hydroxyl groups excluding tert-OH is 2. The first-order valence-corrected chi connectivity index (χ1v) is 8.95. The van der Waals surface area contributed by atoms with Crippen molar-refractivity contribution in [1.82, 2.24) is 0 Å². The highest BCUT2D eigenvalue weighted by Crippen LogP contribution is 2.64. The van der Waals surface area contributed by atoms with E-state index in [1.807, 2.05) is 6.08 Å². The monoisotopic (exact) mass is 304 g/mol. The van der Waals surface area contributed by atoms with Gasteiger partial charge in [-0.15, -0.1) is 0 Å². The number of hydrogen-bond donors (Lipinski definition) is 2. The molecule has 0 aromatic heterocycles. The Hall–Kier alpha value is -0.670. The van der Waals surface area contributed by atoms with Crippen molar-refractivity contribution in [3.8, 4) is 0 Å². The summed E-state index contributed by atoms with van der Waals surface area (Å²) >= 11 is 0. The van der Waals surface area contributed by atoms with Crippen LogP contribution < -0.4 is 0 Å². The van der Waals surface area contributed by atoms with Crippen LogP contribution >= 0.6 is 0 Å². The highest BCUT2D eigenvalue weighted by atomic mass is 16.3. The Labute approximate surface area is 132 Å². The summed E-state index contributed by atoms with van der Waals surface area (Å²) < 4.78 is 0. The zero-order valence-electron chi connectivity index (χ0n) is 13.7. The predicted octanol–water partition coefficient (Wildman–Crippen LogP) is 2.85. The van der Waals surface area contributed by atoms with Crippen molar-refractivity contribution in [3.63, 3.8) is 0 Å². The van der Waals surface area contributed by atoms with Gasteiger partial charge in [0.05, 0.1) is 12.2 Å². The molecule has 0 radical (unpaired) electrons. The van der Waals surface area contributed by atoms with Crippen LogP contribution in [0.1, 0.15) is 58.8 Å². The first-order valence-electron chi connectivity index (χ1n) is 8.95. The van der Waals surface area contributed by atoms with E-state index >= 15 is 0 Å². The number of rotatable bonds is 0. The van der Waals surface area contributed by atoms with E-state index in [2.05, 4.69) is 13.8 Å². The smallest absolute Gasteiger partial charge is 0.159 e. The van der Waals surface area contributed by atoms with Gasteiger partial charge < -0.3 is 10.2 Å². The molecule has 3 nitrogen and oxygen atoms in total. The van der Waals surface area contributed by atoms with Crippen molar-refractivity contribution >= 4 is 5.78 Å². The fraction of sp³-hybridized carbons (Fsp3) is 0.842. The lowest BCUT2D eigenvalue weighted by Gasteiger charge is -2.56. The Morgan fingerprint density at radius 3 is 2.68 bits per heavy atom. The molecule has 22 heavy (non-hydrogen) atoms. The number of fused-ring (bicyclic) bond motifs is 5. The molecule has 3 heteroatoms. The number of aliphatic hydroxyl groups is 2. The molecular formula is C19H28O3. The lowest BCUT2D eigenvalue weighted by Crippen LogP contribution is -2.52. The van der Waals surface area contributed by atoms with Crippen LogP contribution in [-0.2, 0) is 4.79 Å². The lowest BCUT2D eigenvalue weighted by atomic mass is 9.47. The van der Waals surface area contributed by atoms with Gasteiger partial charge in [-0.2, -0.15) is 0 Å². The largest absolute Gasteiger partial charge is 0.393 e. The molecule has 0 amide bonds. The number of hydrogen-bond acceptors (Lipinski definition) is 3. The third kappa shape index (κ3) is 1.91. The van der Waals surface area contributed by atoms with Crippen LogP contribution in [0.15, 0.2) is 11.6 Å². The van der Waals surface area contributed by atoms with Crippen molar-refractivity contribution in [3.05, 3.63) is 11.6 Å². The Morgan fingerprint density at radius 1 is 1.14 bits per heavy atom. The van der Waals surface area contributed by atoms with Gasteiger partial charge in [0.1, 0.15) is 0 Å². The normalized spacial score (nSPS) is 54.3. The van der Waals surface area contributed by atoms with Crippen LogP contribution in [0.5, 0.6) is 0 Å². The Morgan fingerprint density at radius 2 is 1.91 bits per heavy atom. The van der Waals surface area contributed by atoms with Gasteiger partial charge in [-0.3, -0.25) is 4.79 Å². The van der Waals surface area contributed by atoms with Gasteiger partial charge in [0.25, 0.3) is 0 Å². The highest BCUT2D eigenvalue weighted by Gasteiger charge is 2.59. The Bertz CT molecular complexity index is 539. The van der Waals surface area contributed by atoms with Crippen LogP contribution in [0.25, 0.3) is 0 Å². The van der Waals surface area contributed by atoms with Crippen LogP contribution in [0.3, 0.4) is 0 Å². The molecule has 0 heterocycles. The molecule has 0 saturated heterocycles. The number of allylic oxidation sites excluding steroid dienone is 1. The van der Waals surface area contributed by atoms with E-state index in [0.29, 0.717) is 24.2 Å². The molecule has 0 bridgehead atoms. The van der Waals surface area contributed by atoms with Crippen molar-refractivity contribution in [2.24, 2.45) is 28.6 Å². The van der Waals surface area contributed by atoms with Crippen molar-refractivity contribution < 1.29 is 15.0 Å². The number of carbonyl (C=O) groups is 1. The lowest BCUT2D eigenvalue weighted by molar-refractivity contribution is -0.128. The van der Waals surface area contributed by atoms with Crippen molar-refractivity contribution in [1.29, 1.82) is 0 Å². The Kier molecular flexibility index (Phi) is 3.16. The SMILES string of the molecule is CC12CCC3C(CC(=O)C4=CC(O)CCC43C)C1CC(O)C2. The predicted molar refractivity (Wildman–Crippen MR) is 84.1 cm³/mol. The quantitative estimate of drug-likeness (QED) is 0.723. The summed E-state index contributed by atoms with van der Waals surface area (Å²) in [6, 6.07) is 0. The van der Waals surface area contributed by atoms with Crippen molar-refractivity contribution in [2.75, 3.05) is 0 Å². The molecule has 0 spiro atoms. The van der Waals surface area contributed by atoms with Gasteiger partial charge in [-0.1, -0.05) is 13.8 Å². The minimum absolute atomic E-state index is 0.0475. The van der Waals surface area contributed by atoms with E-state index in [4.69, 9.17) is 0 Å².